The number of carbonyl (C=O) groups is 1. The van der Waals surface area contributed by atoms with Crippen LogP contribution in [0.3, 0.4) is 0 Å². The number of rotatable bonds is 5. The molecule has 0 saturated heterocycles. The predicted molar refractivity (Wildman–Crippen MR) is 68.9 cm³/mol. The minimum Gasteiger partial charge on any atom is -0.323 e. The van der Waals surface area contributed by atoms with Gasteiger partial charge < -0.3 is 5.32 Å². The molecule has 0 heterocycles. The summed E-state index contributed by atoms with van der Waals surface area (Å²) in [7, 11) is 0. The molecule has 1 aromatic carbocycles. The standard InChI is InChI=1S/C14H16F3NO/c1-2-3-4-11-5-7-12(8-6-11)18-13(19)9-10-14(15,16)17/h5-10H,2-4H2,1H3,(H,18,19)/b10-9+. The molecule has 0 bridgehead atoms. The number of nitrogens with one attached hydrogen (secondary N) is 1. The van der Waals surface area contributed by atoms with E-state index in [0.717, 1.165) is 24.8 Å². The summed E-state index contributed by atoms with van der Waals surface area (Å²) in [5.41, 5.74) is 1.63. The Morgan fingerprint density at radius 2 is 1.89 bits per heavy atom. The summed E-state index contributed by atoms with van der Waals surface area (Å²) in [5, 5.41) is 2.37. The Bertz CT molecular complexity index is 435. The molecule has 0 radical (unpaired) electrons. The first kappa shape index (κ1) is 15.3. The Morgan fingerprint density at radius 3 is 2.42 bits per heavy atom. The van der Waals surface area contributed by atoms with Crippen molar-refractivity contribution in [2.24, 2.45) is 0 Å². The molecule has 2 nitrogen and oxygen atoms in total. The molecule has 0 aromatic heterocycles. The Kier molecular flexibility index (Phi) is 5.60. The fourth-order valence-electron chi connectivity index (χ4n) is 1.49. The zero-order valence-electron chi connectivity index (χ0n) is 10.6. The van der Waals surface area contributed by atoms with E-state index in [1.807, 2.05) is 12.1 Å². The summed E-state index contributed by atoms with van der Waals surface area (Å²) in [6, 6.07) is 7.09. The molecule has 0 saturated carbocycles. The van der Waals surface area contributed by atoms with Gasteiger partial charge in [0.1, 0.15) is 0 Å². The lowest BCUT2D eigenvalue weighted by Gasteiger charge is -2.04. The number of carbonyl (C=O) groups excluding carboxylic acids is 1. The number of amides is 1. The molecule has 0 aliphatic rings. The van der Waals surface area contributed by atoms with Crippen LogP contribution in [0.25, 0.3) is 0 Å². The second kappa shape index (κ2) is 6.97. The van der Waals surface area contributed by atoms with Crippen molar-refractivity contribution in [2.75, 3.05) is 5.32 Å². The third kappa shape index (κ3) is 6.64. The van der Waals surface area contributed by atoms with Gasteiger partial charge in [-0.2, -0.15) is 13.2 Å². The average molecular weight is 271 g/mol. The van der Waals surface area contributed by atoms with Gasteiger partial charge in [-0.05, 0) is 30.5 Å². The van der Waals surface area contributed by atoms with Gasteiger partial charge in [-0.15, -0.1) is 0 Å². The van der Waals surface area contributed by atoms with Crippen LogP contribution in [-0.4, -0.2) is 12.1 Å². The van der Waals surface area contributed by atoms with Crippen LogP contribution in [0.1, 0.15) is 25.3 Å². The maximum absolute atomic E-state index is 11.9. The SMILES string of the molecule is CCCCc1ccc(NC(=O)/C=C/C(F)(F)F)cc1. The lowest BCUT2D eigenvalue weighted by molar-refractivity contribution is -0.112. The van der Waals surface area contributed by atoms with Crippen LogP contribution in [0, 0.1) is 0 Å². The molecule has 1 rings (SSSR count). The average Bonchev–Trinajstić information content (AvgIpc) is 2.35. The Morgan fingerprint density at radius 1 is 1.26 bits per heavy atom. The number of allylic oxidation sites excluding steroid dienone is 1. The Balaban J connectivity index is 2.53. The zero-order valence-corrected chi connectivity index (χ0v) is 10.6. The third-order valence-electron chi connectivity index (χ3n) is 2.46. The van der Waals surface area contributed by atoms with Crippen molar-refractivity contribution in [3.05, 3.63) is 42.0 Å². The minimum absolute atomic E-state index is 0.0854. The van der Waals surface area contributed by atoms with E-state index in [4.69, 9.17) is 0 Å². The van der Waals surface area contributed by atoms with Crippen LogP contribution in [0.5, 0.6) is 0 Å². The second-order valence-electron chi connectivity index (χ2n) is 4.16. The summed E-state index contributed by atoms with van der Waals surface area (Å²) in [6.07, 6.45) is -0.941. The third-order valence-corrected chi connectivity index (χ3v) is 2.46. The summed E-state index contributed by atoms with van der Waals surface area (Å²) in [6.45, 7) is 2.10. The van der Waals surface area contributed by atoms with Crippen LogP contribution in [0.2, 0.25) is 0 Å². The number of alkyl halides is 3. The van der Waals surface area contributed by atoms with Crippen LogP contribution < -0.4 is 5.32 Å². The maximum Gasteiger partial charge on any atom is 0.409 e. The number of unbranched alkanes of at least 4 members (excludes halogenated alkanes) is 1. The molecule has 0 atom stereocenters. The van der Waals surface area contributed by atoms with E-state index < -0.39 is 12.1 Å². The number of benzene rings is 1. The van der Waals surface area contributed by atoms with Crippen LogP contribution >= 0.6 is 0 Å². The van der Waals surface area contributed by atoms with Crippen molar-refractivity contribution in [1.29, 1.82) is 0 Å². The van der Waals surface area contributed by atoms with E-state index >= 15 is 0 Å². The van der Waals surface area contributed by atoms with Crippen molar-refractivity contribution >= 4 is 11.6 Å². The van der Waals surface area contributed by atoms with E-state index in [2.05, 4.69) is 12.2 Å². The molecule has 104 valence electrons. The van der Waals surface area contributed by atoms with Gasteiger partial charge in [-0.3, -0.25) is 4.79 Å². The molecule has 0 aliphatic heterocycles. The molecule has 5 heteroatoms. The van der Waals surface area contributed by atoms with E-state index in [-0.39, 0.29) is 6.08 Å². The summed E-state index contributed by atoms with van der Waals surface area (Å²) in [5.74, 6) is -0.793. The minimum atomic E-state index is -4.47. The molecule has 0 spiro atoms. The van der Waals surface area contributed by atoms with Crippen LogP contribution in [0.15, 0.2) is 36.4 Å². The van der Waals surface area contributed by atoms with Gasteiger partial charge in [0, 0.05) is 17.8 Å². The molecular formula is C14H16F3NO. The molecule has 0 unspecified atom stereocenters. The largest absolute Gasteiger partial charge is 0.409 e. The molecular weight excluding hydrogens is 255 g/mol. The van der Waals surface area contributed by atoms with Gasteiger partial charge in [0.25, 0.3) is 0 Å². The molecule has 0 fully saturated rings. The Labute approximate surface area is 110 Å². The van der Waals surface area contributed by atoms with Gasteiger partial charge in [-0.1, -0.05) is 25.5 Å². The highest BCUT2D eigenvalue weighted by atomic mass is 19.4. The lowest BCUT2D eigenvalue weighted by atomic mass is 10.1. The molecule has 1 aromatic rings. The van der Waals surface area contributed by atoms with Crippen molar-refractivity contribution in [3.8, 4) is 0 Å². The lowest BCUT2D eigenvalue weighted by Crippen LogP contribution is -2.10. The topological polar surface area (TPSA) is 29.1 Å². The summed E-state index contributed by atoms with van der Waals surface area (Å²) >= 11 is 0. The fraction of sp³-hybridized carbons (Fsp3) is 0.357. The van der Waals surface area contributed by atoms with Gasteiger partial charge in [-0.25, -0.2) is 0 Å². The van der Waals surface area contributed by atoms with E-state index in [1.165, 1.54) is 0 Å². The van der Waals surface area contributed by atoms with Gasteiger partial charge in [0.2, 0.25) is 5.91 Å². The zero-order chi connectivity index (χ0) is 14.3. The van der Waals surface area contributed by atoms with Crippen LogP contribution in [-0.2, 0) is 11.2 Å². The first-order valence-corrected chi connectivity index (χ1v) is 6.06. The van der Waals surface area contributed by atoms with Gasteiger partial charge >= 0.3 is 6.18 Å². The maximum atomic E-state index is 11.9. The van der Waals surface area contributed by atoms with Crippen molar-refractivity contribution in [2.45, 2.75) is 32.4 Å². The normalized spacial score (nSPS) is 11.8. The van der Waals surface area contributed by atoms with Gasteiger partial charge in [0.05, 0.1) is 0 Å². The van der Waals surface area contributed by atoms with Crippen molar-refractivity contribution in [3.63, 3.8) is 0 Å². The molecule has 1 N–H and O–H groups in total. The van der Waals surface area contributed by atoms with Crippen molar-refractivity contribution in [1.82, 2.24) is 0 Å². The quantitative estimate of drug-likeness (QED) is 0.803. The Hall–Kier alpha value is -1.78. The number of hydrogen-bond donors (Lipinski definition) is 1. The highest BCUT2D eigenvalue weighted by molar-refractivity contribution is 5.99. The number of anilines is 1. The van der Waals surface area contributed by atoms with Crippen LogP contribution in [0.4, 0.5) is 18.9 Å². The van der Waals surface area contributed by atoms with E-state index in [0.29, 0.717) is 11.8 Å². The van der Waals surface area contributed by atoms with E-state index in [9.17, 15) is 18.0 Å². The summed E-state index contributed by atoms with van der Waals surface area (Å²) < 4.78 is 35.6. The fourth-order valence-corrected chi connectivity index (χ4v) is 1.49. The molecule has 1 amide bonds. The molecule has 0 aliphatic carbocycles. The number of hydrogen-bond acceptors (Lipinski definition) is 1. The number of aryl methyl sites for hydroxylation is 1. The first-order valence-electron chi connectivity index (χ1n) is 6.06. The van der Waals surface area contributed by atoms with Gasteiger partial charge in [0.15, 0.2) is 0 Å². The molecule has 19 heavy (non-hydrogen) atoms. The highest BCUT2D eigenvalue weighted by Gasteiger charge is 2.22. The number of halogens is 3. The predicted octanol–water partition coefficient (Wildman–Crippen LogP) is 4.09. The van der Waals surface area contributed by atoms with E-state index in [1.54, 1.807) is 12.1 Å². The van der Waals surface area contributed by atoms with Crippen molar-refractivity contribution < 1.29 is 18.0 Å². The smallest absolute Gasteiger partial charge is 0.323 e. The second-order valence-corrected chi connectivity index (χ2v) is 4.16. The monoisotopic (exact) mass is 271 g/mol. The highest BCUT2D eigenvalue weighted by Crippen LogP contribution is 2.16. The summed E-state index contributed by atoms with van der Waals surface area (Å²) in [4.78, 5) is 11.2. The first-order chi connectivity index (χ1) is 8.90.